The van der Waals surface area contributed by atoms with Gasteiger partial charge in [0.25, 0.3) is 0 Å². The van der Waals surface area contributed by atoms with Gasteiger partial charge in [0.2, 0.25) is 17.7 Å². The third kappa shape index (κ3) is 5.90. The average molecular weight is 429 g/mol. The van der Waals surface area contributed by atoms with Gasteiger partial charge in [0, 0.05) is 19.3 Å². The van der Waals surface area contributed by atoms with Crippen molar-refractivity contribution in [2.24, 2.45) is 5.92 Å². The smallest absolute Gasteiger partial charge is 0.328 e. The summed E-state index contributed by atoms with van der Waals surface area (Å²) in [6.07, 6.45) is 1.96. The highest BCUT2D eigenvalue weighted by atomic mass is 16.5. The normalized spacial score (nSPS) is 24.5. The molecule has 4 atom stereocenters. The summed E-state index contributed by atoms with van der Waals surface area (Å²) in [5.74, 6) is -2.34. The molecule has 0 radical (unpaired) electrons. The molecule has 3 rings (SSSR count). The van der Waals surface area contributed by atoms with Crippen molar-refractivity contribution in [3.63, 3.8) is 0 Å². The first-order valence-electron chi connectivity index (χ1n) is 10.4. The molecule has 1 heterocycles. The maximum absolute atomic E-state index is 12.6. The number of rotatable bonds is 7. The number of hydrogen-bond donors (Lipinski definition) is 3. The first kappa shape index (κ1) is 22.5. The standard InChI is InChI=1S/C22H27N3O6/c1-31-22(30)19(14-8-5-9-15(26)11-14)25-18(27)12-17-21(29)23-16(20(28)24-17)10-13-6-3-2-4-7-13/h2-4,6-7,14,16-17,19H,5,8-12H2,1H3,(H,23,29)(H,24,28)(H,25,27)/t14-,16+,17+,19-/m1/s1. The quantitative estimate of drug-likeness (QED) is 0.524. The summed E-state index contributed by atoms with van der Waals surface area (Å²) in [6.45, 7) is 0. The Bertz CT molecular complexity index is 856. The van der Waals surface area contributed by atoms with Crippen LogP contribution in [0.3, 0.4) is 0 Å². The van der Waals surface area contributed by atoms with Gasteiger partial charge in [0.15, 0.2) is 0 Å². The van der Waals surface area contributed by atoms with E-state index in [0.717, 1.165) is 5.56 Å². The van der Waals surface area contributed by atoms with Crippen molar-refractivity contribution in [2.75, 3.05) is 7.11 Å². The fourth-order valence-corrected chi connectivity index (χ4v) is 4.07. The molecule has 166 valence electrons. The predicted molar refractivity (Wildman–Crippen MR) is 110 cm³/mol. The number of carbonyl (C=O) groups excluding carboxylic acids is 5. The molecule has 1 aliphatic carbocycles. The molecule has 1 aliphatic heterocycles. The summed E-state index contributed by atoms with van der Waals surface area (Å²) in [6, 6.07) is 6.57. The summed E-state index contributed by atoms with van der Waals surface area (Å²) in [7, 11) is 1.22. The summed E-state index contributed by atoms with van der Waals surface area (Å²) in [5.41, 5.74) is 0.905. The molecule has 9 nitrogen and oxygen atoms in total. The lowest BCUT2D eigenvalue weighted by atomic mass is 9.83. The third-order valence-electron chi connectivity index (χ3n) is 5.70. The largest absolute Gasteiger partial charge is 0.467 e. The highest BCUT2D eigenvalue weighted by Crippen LogP contribution is 2.25. The van der Waals surface area contributed by atoms with Crippen molar-refractivity contribution in [1.82, 2.24) is 16.0 Å². The van der Waals surface area contributed by atoms with Crippen LogP contribution in [0.1, 0.15) is 37.7 Å². The number of ketones is 1. The molecule has 1 aromatic rings. The van der Waals surface area contributed by atoms with Crippen molar-refractivity contribution >= 4 is 29.5 Å². The minimum Gasteiger partial charge on any atom is -0.467 e. The van der Waals surface area contributed by atoms with Crippen LogP contribution in [-0.4, -0.2) is 54.7 Å². The zero-order valence-corrected chi connectivity index (χ0v) is 17.4. The van der Waals surface area contributed by atoms with Crippen LogP contribution in [-0.2, 0) is 35.1 Å². The number of nitrogens with one attached hydrogen (secondary N) is 3. The van der Waals surface area contributed by atoms with Gasteiger partial charge in [-0.05, 0) is 24.3 Å². The average Bonchev–Trinajstić information content (AvgIpc) is 2.75. The number of ether oxygens (including phenoxy) is 1. The molecule has 1 saturated heterocycles. The van der Waals surface area contributed by atoms with Gasteiger partial charge in [-0.15, -0.1) is 0 Å². The Morgan fingerprint density at radius 1 is 1.10 bits per heavy atom. The molecular formula is C22H27N3O6. The molecule has 1 saturated carbocycles. The second-order valence-electron chi connectivity index (χ2n) is 7.98. The lowest BCUT2D eigenvalue weighted by Gasteiger charge is -2.31. The van der Waals surface area contributed by atoms with Gasteiger partial charge >= 0.3 is 5.97 Å². The highest BCUT2D eigenvalue weighted by Gasteiger charge is 2.37. The highest BCUT2D eigenvalue weighted by molar-refractivity contribution is 5.99. The van der Waals surface area contributed by atoms with E-state index in [-0.39, 0.29) is 30.4 Å². The zero-order valence-electron chi connectivity index (χ0n) is 17.4. The van der Waals surface area contributed by atoms with E-state index in [1.54, 1.807) is 0 Å². The molecular weight excluding hydrogens is 402 g/mol. The monoisotopic (exact) mass is 429 g/mol. The second kappa shape index (κ2) is 10.2. The Kier molecular flexibility index (Phi) is 7.38. The number of amides is 3. The van der Waals surface area contributed by atoms with Crippen LogP contribution in [0.2, 0.25) is 0 Å². The fraction of sp³-hybridized carbons (Fsp3) is 0.500. The molecule has 1 aromatic carbocycles. The molecule has 3 amide bonds. The van der Waals surface area contributed by atoms with E-state index in [4.69, 9.17) is 4.74 Å². The van der Waals surface area contributed by atoms with Crippen molar-refractivity contribution < 1.29 is 28.7 Å². The maximum Gasteiger partial charge on any atom is 0.328 e. The summed E-state index contributed by atoms with van der Waals surface area (Å²) in [4.78, 5) is 61.4. The van der Waals surface area contributed by atoms with E-state index >= 15 is 0 Å². The van der Waals surface area contributed by atoms with E-state index in [0.29, 0.717) is 25.7 Å². The first-order valence-corrected chi connectivity index (χ1v) is 10.4. The summed E-state index contributed by atoms with van der Waals surface area (Å²) in [5, 5.41) is 7.84. The van der Waals surface area contributed by atoms with E-state index < -0.39 is 35.9 Å². The molecule has 3 N–H and O–H groups in total. The van der Waals surface area contributed by atoms with Gasteiger partial charge in [-0.1, -0.05) is 30.3 Å². The third-order valence-corrected chi connectivity index (χ3v) is 5.70. The molecule has 0 aromatic heterocycles. The Labute approximate surface area is 180 Å². The zero-order chi connectivity index (χ0) is 22.4. The van der Waals surface area contributed by atoms with E-state index in [9.17, 15) is 24.0 Å². The van der Waals surface area contributed by atoms with E-state index in [1.807, 2.05) is 30.3 Å². The minimum absolute atomic E-state index is 0.0442. The maximum atomic E-state index is 12.6. The van der Waals surface area contributed by atoms with Crippen LogP contribution in [0.5, 0.6) is 0 Å². The number of hydrogen-bond acceptors (Lipinski definition) is 6. The summed E-state index contributed by atoms with van der Waals surface area (Å²) < 4.78 is 4.79. The van der Waals surface area contributed by atoms with Crippen LogP contribution in [0.15, 0.2) is 30.3 Å². The Balaban J connectivity index is 1.57. The molecule has 0 spiro atoms. The van der Waals surface area contributed by atoms with Crippen LogP contribution in [0.4, 0.5) is 0 Å². The van der Waals surface area contributed by atoms with Crippen molar-refractivity contribution in [3.05, 3.63) is 35.9 Å². The molecule has 31 heavy (non-hydrogen) atoms. The molecule has 2 fully saturated rings. The first-order chi connectivity index (χ1) is 14.9. The molecule has 9 heteroatoms. The van der Waals surface area contributed by atoms with Crippen molar-refractivity contribution in [1.29, 1.82) is 0 Å². The number of carbonyl (C=O) groups is 5. The van der Waals surface area contributed by atoms with Crippen molar-refractivity contribution in [3.8, 4) is 0 Å². The number of methoxy groups -OCH3 is 1. The summed E-state index contributed by atoms with van der Waals surface area (Å²) >= 11 is 0. The second-order valence-corrected chi connectivity index (χ2v) is 7.98. The lowest BCUT2D eigenvalue weighted by molar-refractivity contribution is -0.148. The van der Waals surface area contributed by atoms with Crippen LogP contribution >= 0.6 is 0 Å². The van der Waals surface area contributed by atoms with Gasteiger partial charge in [0.05, 0.1) is 13.5 Å². The lowest BCUT2D eigenvalue weighted by Crippen LogP contribution is -2.63. The topological polar surface area (TPSA) is 131 Å². The van der Waals surface area contributed by atoms with Crippen LogP contribution in [0, 0.1) is 5.92 Å². The fourth-order valence-electron chi connectivity index (χ4n) is 4.07. The van der Waals surface area contributed by atoms with Gasteiger partial charge in [-0.25, -0.2) is 4.79 Å². The van der Waals surface area contributed by atoms with Gasteiger partial charge in [-0.2, -0.15) is 0 Å². The van der Waals surface area contributed by atoms with Crippen molar-refractivity contribution in [2.45, 2.75) is 56.7 Å². The molecule has 2 aliphatic rings. The Morgan fingerprint density at radius 2 is 1.77 bits per heavy atom. The Morgan fingerprint density at radius 3 is 2.45 bits per heavy atom. The van der Waals surface area contributed by atoms with Gasteiger partial charge in [0.1, 0.15) is 23.9 Å². The van der Waals surface area contributed by atoms with E-state index in [2.05, 4.69) is 16.0 Å². The predicted octanol–water partition coefficient (Wildman–Crippen LogP) is 0.0195. The SMILES string of the molecule is COC(=O)[C@H](NC(=O)C[C@@H]1NC(=O)[C@H](Cc2ccccc2)NC1=O)[C@@H]1CCCC(=O)C1. The van der Waals surface area contributed by atoms with Gasteiger partial charge < -0.3 is 20.7 Å². The number of esters is 1. The Hall–Kier alpha value is -3.23. The minimum atomic E-state index is -1.04. The molecule has 0 bridgehead atoms. The van der Waals surface area contributed by atoms with Crippen LogP contribution < -0.4 is 16.0 Å². The van der Waals surface area contributed by atoms with Gasteiger partial charge in [-0.3, -0.25) is 19.2 Å². The number of benzene rings is 1. The molecule has 0 unspecified atom stereocenters. The number of Topliss-reactive ketones (excluding diaryl/α,β-unsaturated/α-hetero) is 1. The number of piperazine rings is 1. The van der Waals surface area contributed by atoms with E-state index in [1.165, 1.54) is 7.11 Å². The van der Waals surface area contributed by atoms with Crippen LogP contribution in [0.25, 0.3) is 0 Å².